The molecular formula is C17H26ClN3S. The van der Waals surface area contributed by atoms with Crippen LogP contribution in [0.5, 0.6) is 0 Å². The van der Waals surface area contributed by atoms with Gasteiger partial charge in [0.25, 0.3) is 0 Å². The first-order valence-electron chi connectivity index (χ1n) is 7.92. The molecule has 1 fully saturated rings. The van der Waals surface area contributed by atoms with Gasteiger partial charge in [0.15, 0.2) is 5.11 Å². The Labute approximate surface area is 144 Å². The monoisotopic (exact) mass is 339 g/mol. The summed E-state index contributed by atoms with van der Waals surface area (Å²) < 4.78 is 0. The molecule has 0 bridgehead atoms. The molecule has 122 valence electrons. The van der Waals surface area contributed by atoms with Gasteiger partial charge in [-0.15, -0.1) is 0 Å². The molecule has 0 heterocycles. The van der Waals surface area contributed by atoms with Gasteiger partial charge in [-0.3, -0.25) is 0 Å². The maximum absolute atomic E-state index is 6.15. The first-order valence-corrected chi connectivity index (χ1v) is 8.71. The SMILES string of the molecule is Cc1c(Cl)cccc1NC(=S)NCC1(N(C)C)CCCCC1. The van der Waals surface area contributed by atoms with Gasteiger partial charge < -0.3 is 15.5 Å². The first kappa shape index (κ1) is 17.5. The van der Waals surface area contributed by atoms with E-state index in [1.807, 2.05) is 25.1 Å². The Kier molecular flexibility index (Phi) is 6.07. The van der Waals surface area contributed by atoms with Crippen LogP contribution in [0.25, 0.3) is 0 Å². The van der Waals surface area contributed by atoms with Crippen molar-refractivity contribution in [2.75, 3.05) is 26.0 Å². The fourth-order valence-electron chi connectivity index (χ4n) is 3.15. The number of anilines is 1. The maximum Gasteiger partial charge on any atom is 0.170 e. The van der Waals surface area contributed by atoms with Crippen LogP contribution in [0.2, 0.25) is 5.02 Å². The summed E-state index contributed by atoms with van der Waals surface area (Å²) >= 11 is 11.6. The second-order valence-corrected chi connectivity index (χ2v) is 7.21. The molecule has 1 aromatic rings. The maximum atomic E-state index is 6.15. The third-order valence-electron chi connectivity index (χ3n) is 4.83. The summed E-state index contributed by atoms with van der Waals surface area (Å²) in [7, 11) is 4.34. The predicted molar refractivity (Wildman–Crippen MR) is 99.9 cm³/mol. The number of halogens is 1. The van der Waals surface area contributed by atoms with Gasteiger partial charge in [-0.1, -0.05) is 36.9 Å². The van der Waals surface area contributed by atoms with Crippen molar-refractivity contribution in [2.24, 2.45) is 0 Å². The molecule has 2 rings (SSSR count). The van der Waals surface area contributed by atoms with Gasteiger partial charge in [-0.25, -0.2) is 0 Å². The molecule has 3 nitrogen and oxygen atoms in total. The summed E-state index contributed by atoms with van der Waals surface area (Å²) in [4.78, 5) is 2.35. The predicted octanol–water partition coefficient (Wildman–Crippen LogP) is 4.20. The Morgan fingerprint density at radius 3 is 2.59 bits per heavy atom. The van der Waals surface area contributed by atoms with Crippen LogP contribution < -0.4 is 10.6 Å². The minimum Gasteiger partial charge on any atom is -0.361 e. The van der Waals surface area contributed by atoms with Crippen molar-refractivity contribution in [3.63, 3.8) is 0 Å². The minimum atomic E-state index is 0.216. The zero-order chi connectivity index (χ0) is 16.2. The molecule has 22 heavy (non-hydrogen) atoms. The van der Waals surface area contributed by atoms with Crippen LogP contribution in [-0.4, -0.2) is 36.2 Å². The molecule has 1 aromatic carbocycles. The van der Waals surface area contributed by atoms with E-state index in [-0.39, 0.29) is 5.54 Å². The van der Waals surface area contributed by atoms with E-state index in [1.54, 1.807) is 0 Å². The molecule has 0 radical (unpaired) electrons. The molecule has 0 unspecified atom stereocenters. The van der Waals surface area contributed by atoms with E-state index in [1.165, 1.54) is 32.1 Å². The molecule has 1 aliphatic rings. The third-order valence-corrected chi connectivity index (χ3v) is 5.48. The Bertz CT molecular complexity index is 525. The van der Waals surface area contributed by atoms with Crippen LogP contribution in [0.1, 0.15) is 37.7 Å². The topological polar surface area (TPSA) is 27.3 Å². The van der Waals surface area contributed by atoms with Gasteiger partial charge >= 0.3 is 0 Å². The highest BCUT2D eigenvalue weighted by molar-refractivity contribution is 7.80. The molecule has 1 aliphatic carbocycles. The van der Waals surface area contributed by atoms with E-state index in [4.69, 9.17) is 23.8 Å². The van der Waals surface area contributed by atoms with Crippen LogP contribution in [0, 0.1) is 6.92 Å². The summed E-state index contributed by atoms with van der Waals surface area (Å²) in [6.45, 7) is 2.88. The summed E-state index contributed by atoms with van der Waals surface area (Å²) in [6.07, 6.45) is 6.40. The number of hydrogen-bond acceptors (Lipinski definition) is 2. The molecule has 0 amide bonds. The zero-order valence-corrected chi connectivity index (χ0v) is 15.3. The molecule has 1 saturated carbocycles. The number of nitrogens with zero attached hydrogens (tertiary/aromatic N) is 1. The standard InChI is InChI=1S/C17H26ClN3S/c1-13-14(18)8-7-9-15(13)20-16(22)19-12-17(21(2)3)10-5-4-6-11-17/h7-9H,4-6,10-12H2,1-3H3,(H2,19,20,22). The normalized spacial score (nSPS) is 17.3. The Balaban J connectivity index is 1.95. The number of likely N-dealkylation sites (N-methyl/N-ethyl adjacent to an activating group) is 1. The Morgan fingerprint density at radius 1 is 1.27 bits per heavy atom. The summed E-state index contributed by atoms with van der Waals surface area (Å²) in [5.74, 6) is 0. The lowest BCUT2D eigenvalue weighted by Crippen LogP contribution is -2.54. The van der Waals surface area contributed by atoms with Crippen molar-refractivity contribution in [3.8, 4) is 0 Å². The van der Waals surface area contributed by atoms with E-state index in [9.17, 15) is 0 Å². The number of hydrogen-bond donors (Lipinski definition) is 2. The van der Waals surface area contributed by atoms with Crippen LogP contribution in [0.15, 0.2) is 18.2 Å². The lowest BCUT2D eigenvalue weighted by atomic mass is 9.80. The molecule has 0 spiro atoms. The van der Waals surface area contributed by atoms with Gasteiger partial charge in [0, 0.05) is 22.8 Å². The van der Waals surface area contributed by atoms with E-state index in [0.29, 0.717) is 5.11 Å². The number of thiocarbonyl (C=S) groups is 1. The average Bonchev–Trinajstić information content (AvgIpc) is 2.51. The quantitative estimate of drug-likeness (QED) is 0.804. The molecule has 0 aromatic heterocycles. The van der Waals surface area contributed by atoms with Crippen molar-refractivity contribution < 1.29 is 0 Å². The molecule has 2 N–H and O–H groups in total. The molecule has 5 heteroatoms. The molecule has 0 atom stereocenters. The lowest BCUT2D eigenvalue weighted by Gasteiger charge is -2.43. The summed E-state index contributed by atoms with van der Waals surface area (Å²) in [5, 5.41) is 8.09. The number of nitrogens with one attached hydrogen (secondary N) is 2. The van der Waals surface area contributed by atoms with Crippen molar-refractivity contribution in [3.05, 3.63) is 28.8 Å². The van der Waals surface area contributed by atoms with E-state index < -0.39 is 0 Å². The second-order valence-electron chi connectivity index (χ2n) is 6.40. The lowest BCUT2D eigenvalue weighted by molar-refractivity contribution is 0.104. The molecule has 0 saturated heterocycles. The van der Waals surface area contributed by atoms with Gasteiger partial charge in [0.2, 0.25) is 0 Å². The van der Waals surface area contributed by atoms with Crippen molar-refractivity contribution in [1.82, 2.24) is 10.2 Å². The highest BCUT2D eigenvalue weighted by Crippen LogP contribution is 2.31. The van der Waals surface area contributed by atoms with Crippen LogP contribution in [0.4, 0.5) is 5.69 Å². The van der Waals surface area contributed by atoms with Gasteiger partial charge in [0.05, 0.1) is 0 Å². The molecule has 0 aliphatic heterocycles. The van der Waals surface area contributed by atoms with Crippen LogP contribution >= 0.6 is 23.8 Å². The fourth-order valence-corrected chi connectivity index (χ4v) is 3.50. The fraction of sp³-hybridized carbons (Fsp3) is 0.588. The minimum absolute atomic E-state index is 0.216. The van der Waals surface area contributed by atoms with Gasteiger partial charge in [0.1, 0.15) is 0 Å². The van der Waals surface area contributed by atoms with Crippen LogP contribution in [0.3, 0.4) is 0 Å². The largest absolute Gasteiger partial charge is 0.361 e. The van der Waals surface area contributed by atoms with Gasteiger partial charge in [-0.05, 0) is 63.8 Å². The third kappa shape index (κ3) is 4.12. The number of benzene rings is 1. The van der Waals surface area contributed by atoms with Crippen molar-refractivity contribution >= 4 is 34.6 Å². The van der Waals surface area contributed by atoms with Crippen molar-refractivity contribution in [2.45, 2.75) is 44.6 Å². The summed E-state index contributed by atoms with van der Waals surface area (Å²) in [6, 6.07) is 5.82. The Hall–Kier alpha value is -0.840. The smallest absolute Gasteiger partial charge is 0.170 e. The van der Waals surface area contributed by atoms with E-state index in [0.717, 1.165) is 22.8 Å². The van der Waals surface area contributed by atoms with Crippen molar-refractivity contribution in [1.29, 1.82) is 0 Å². The average molecular weight is 340 g/mol. The van der Waals surface area contributed by atoms with Gasteiger partial charge in [-0.2, -0.15) is 0 Å². The van der Waals surface area contributed by atoms with E-state index in [2.05, 4.69) is 29.6 Å². The second kappa shape index (κ2) is 7.62. The summed E-state index contributed by atoms with van der Waals surface area (Å²) in [5.41, 5.74) is 2.20. The van der Waals surface area contributed by atoms with Crippen LogP contribution in [-0.2, 0) is 0 Å². The zero-order valence-electron chi connectivity index (χ0n) is 13.7. The molecular weight excluding hydrogens is 314 g/mol. The first-order chi connectivity index (χ1) is 10.4. The Morgan fingerprint density at radius 2 is 1.95 bits per heavy atom. The highest BCUT2D eigenvalue weighted by atomic mass is 35.5. The van der Waals surface area contributed by atoms with E-state index >= 15 is 0 Å². The number of rotatable bonds is 4. The highest BCUT2D eigenvalue weighted by Gasteiger charge is 2.34.